The smallest absolute Gasteiger partial charge is 0.224 e. The van der Waals surface area contributed by atoms with Crippen LogP contribution in [0.2, 0.25) is 10.0 Å². The van der Waals surface area contributed by atoms with Crippen LogP contribution in [0.3, 0.4) is 0 Å². The van der Waals surface area contributed by atoms with E-state index in [9.17, 15) is 4.79 Å². The van der Waals surface area contributed by atoms with Crippen molar-refractivity contribution in [2.45, 2.75) is 12.8 Å². The van der Waals surface area contributed by atoms with Gasteiger partial charge in [-0.25, -0.2) is 0 Å². The fourth-order valence-corrected chi connectivity index (χ4v) is 2.27. The van der Waals surface area contributed by atoms with Crippen LogP contribution in [-0.4, -0.2) is 5.91 Å². The summed E-state index contributed by atoms with van der Waals surface area (Å²) in [7, 11) is 0. The molecule has 0 heterocycles. The van der Waals surface area contributed by atoms with Crippen LogP contribution in [0.5, 0.6) is 0 Å². The SMILES string of the molecule is Nc1ccccc1CCC(=O)Nc1ccc(Cl)cc1Cl. The maximum Gasteiger partial charge on any atom is 0.224 e. The number of benzene rings is 2. The minimum atomic E-state index is -0.113. The molecule has 0 aliphatic rings. The van der Waals surface area contributed by atoms with Gasteiger partial charge in [0.05, 0.1) is 10.7 Å². The number of anilines is 2. The van der Waals surface area contributed by atoms with Gasteiger partial charge in [0.25, 0.3) is 0 Å². The molecule has 5 heteroatoms. The number of nitrogens with one attached hydrogen (secondary N) is 1. The van der Waals surface area contributed by atoms with Crippen LogP contribution in [0.25, 0.3) is 0 Å². The highest BCUT2D eigenvalue weighted by Crippen LogP contribution is 2.25. The first-order valence-electron chi connectivity index (χ1n) is 6.14. The van der Waals surface area contributed by atoms with Gasteiger partial charge in [0.15, 0.2) is 0 Å². The quantitative estimate of drug-likeness (QED) is 0.834. The summed E-state index contributed by atoms with van der Waals surface area (Å²) in [6.07, 6.45) is 0.927. The molecular formula is C15H14Cl2N2O. The zero-order valence-electron chi connectivity index (χ0n) is 10.7. The van der Waals surface area contributed by atoms with E-state index in [1.165, 1.54) is 0 Å². The van der Waals surface area contributed by atoms with Crippen molar-refractivity contribution in [2.24, 2.45) is 0 Å². The molecule has 2 aromatic rings. The average Bonchev–Trinajstić information content (AvgIpc) is 2.41. The highest BCUT2D eigenvalue weighted by atomic mass is 35.5. The molecule has 0 aliphatic heterocycles. The molecule has 3 nitrogen and oxygen atoms in total. The summed E-state index contributed by atoms with van der Waals surface area (Å²) in [5, 5.41) is 3.71. The van der Waals surface area contributed by atoms with Crippen molar-refractivity contribution in [1.82, 2.24) is 0 Å². The molecule has 0 radical (unpaired) electrons. The highest BCUT2D eigenvalue weighted by molar-refractivity contribution is 6.36. The van der Waals surface area contributed by atoms with Gasteiger partial charge in [-0.15, -0.1) is 0 Å². The van der Waals surface area contributed by atoms with Crippen LogP contribution in [0.15, 0.2) is 42.5 Å². The van der Waals surface area contributed by atoms with Crippen molar-refractivity contribution in [3.8, 4) is 0 Å². The first-order chi connectivity index (χ1) is 9.56. The van der Waals surface area contributed by atoms with E-state index in [0.717, 1.165) is 5.56 Å². The normalized spacial score (nSPS) is 10.3. The second-order valence-electron chi connectivity index (χ2n) is 4.37. The molecule has 0 fully saturated rings. The number of carbonyl (C=O) groups is 1. The Hall–Kier alpha value is -1.71. The number of carbonyl (C=O) groups excluding carboxylic acids is 1. The number of nitrogen functional groups attached to an aromatic ring is 1. The summed E-state index contributed by atoms with van der Waals surface area (Å²) < 4.78 is 0. The van der Waals surface area contributed by atoms with Crippen LogP contribution >= 0.6 is 23.2 Å². The van der Waals surface area contributed by atoms with Gasteiger partial charge in [-0.2, -0.15) is 0 Å². The second-order valence-corrected chi connectivity index (χ2v) is 5.21. The number of hydrogen-bond donors (Lipinski definition) is 2. The number of nitrogens with two attached hydrogens (primary N) is 1. The Morgan fingerprint density at radius 2 is 1.90 bits per heavy atom. The molecule has 20 heavy (non-hydrogen) atoms. The first-order valence-corrected chi connectivity index (χ1v) is 6.90. The lowest BCUT2D eigenvalue weighted by Crippen LogP contribution is -2.13. The Bertz CT molecular complexity index is 629. The largest absolute Gasteiger partial charge is 0.399 e. The number of aryl methyl sites for hydroxylation is 1. The van der Waals surface area contributed by atoms with Crippen molar-refractivity contribution in [3.05, 3.63) is 58.1 Å². The summed E-state index contributed by atoms with van der Waals surface area (Å²) in [5.41, 5.74) is 8.05. The van der Waals surface area contributed by atoms with Crippen molar-refractivity contribution in [3.63, 3.8) is 0 Å². The van der Waals surface area contributed by atoms with Gasteiger partial charge in [0, 0.05) is 17.1 Å². The van der Waals surface area contributed by atoms with Gasteiger partial charge in [0.1, 0.15) is 0 Å². The maximum absolute atomic E-state index is 11.9. The maximum atomic E-state index is 11.9. The number of hydrogen-bond acceptors (Lipinski definition) is 2. The van der Waals surface area contributed by atoms with E-state index >= 15 is 0 Å². The van der Waals surface area contributed by atoms with Gasteiger partial charge in [-0.1, -0.05) is 41.4 Å². The zero-order chi connectivity index (χ0) is 14.5. The third-order valence-corrected chi connectivity index (χ3v) is 3.43. The molecule has 0 aliphatic carbocycles. The predicted octanol–water partition coefficient (Wildman–Crippen LogP) is 4.15. The van der Waals surface area contributed by atoms with Gasteiger partial charge in [-0.05, 0) is 36.2 Å². The molecule has 0 atom stereocenters. The molecule has 1 amide bonds. The van der Waals surface area contributed by atoms with Gasteiger partial charge < -0.3 is 11.1 Å². The number of amides is 1. The number of para-hydroxylation sites is 1. The molecule has 0 aromatic heterocycles. The fraction of sp³-hybridized carbons (Fsp3) is 0.133. The summed E-state index contributed by atoms with van der Waals surface area (Å²) in [6.45, 7) is 0. The Kier molecular flexibility index (Phi) is 4.88. The molecule has 2 aromatic carbocycles. The molecule has 104 valence electrons. The van der Waals surface area contributed by atoms with E-state index in [1.807, 2.05) is 24.3 Å². The Morgan fingerprint density at radius 1 is 1.15 bits per heavy atom. The molecule has 0 bridgehead atoms. The fourth-order valence-electron chi connectivity index (χ4n) is 1.81. The van der Waals surface area contributed by atoms with Crippen LogP contribution in [0, 0.1) is 0 Å². The van der Waals surface area contributed by atoms with Crippen molar-refractivity contribution >= 4 is 40.5 Å². The van der Waals surface area contributed by atoms with E-state index in [4.69, 9.17) is 28.9 Å². The molecule has 0 unspecified atom stereocenters. The molecule has 2 rings (SSSR count). The summed E-state index contributed by atoms with van der Waals surface area (Å²) >= 11 is 11.8. The van der Waals surface area contributed by atoms with Crippen molar-refractivity contribution < 1.29 is 4.79 Å². The average molecular weight is 309 g/mol. The Morgan fingerprint density at radius 3 is 2.60 bits per heavy atom. The minimum Gasteiger partial charge on any atom is -0.399 e. The van der Waals surface area contributed by atoms with E-state index in [1.54, 1.807) is 18.2 Å². The van der Waals surface area contributed by atoms with E-state index < -0.39 is 0 Å². The molecule has 0 saturated carbocycles. The van der Waals surface area contributed by atoms with E-state index in [2.05, 4.69) is 5.32 Å². The Balaban J connectivity index is 1.94. The highest BCUT2D eigenvalue weighted by Gasteiger charge is 2.07. The standard InChI is InChI=1S/C15H14Cl2N2O/c16-11-6-7-14(12(17)9-11)19-15(20)8-5-10-3-1-2-4-13(10)18/h1-4,6-7,9H,5,8,18H2,(H,19,20). The third-order valence-electron chi connectivity index (χ3n) is 2.88. The summed E-state index contributed by atoms with van der Waals surface area (Å²) in [6, 6.07) is 12.5. The summed E-state index contributed by atoms with van der Waals surface area (Å²) in [4.78, 5) is 11.9. The first kappa shape index (κ1) is 14.7. The lowest BCUT2D eigenvalue weighted by Gasteiger charge is -2.08. The van der Waals surface area contributed by atoms with Gasteiger partial charge in [-0.3, -0.25) is 4.79 Å². The van der Waals surface area contributed by atoms with Gasteiger partial charge in [0.2, 0.25) is 5.91 Å². The zero-order valence-corrected chi connectivity index (χ0v) is 12.2. The lowest BCUT2D eigenvalue weighted by molar-refractivity contribution is -0.116. The monoisotopic (exact) mass is 308 g/mol. The van der Waals surface area contributed by atoms with Crippen LogP contribution in [0.4, 0.5) is 11.4 Å². The number of halogens is 2. The third kappa shape index (κ3) is 3.89. The molecule has 3 N–H and O–H groups in total. The molecule has 0 saturated heterocycles. The predicted molar refractivity (Wildman–Crippen MR) is 84.3 cm³/mol. The van der Waals surface area contributed by atoms with E-state index in [-0.39, 0.29) is 5.91 Å². The number of rotatable bonds is 4. The van der Waals surface area contributed by atoms with Crippen molar-refractivity contribution in [2.75, 3.05) is 11.1 Å². The van der Waals surface area contributed by atoms with Gasteiger partial charge >= 0.3 is 0 Å². The van der Waals surface area contributed by atoms with Crippen LogP contribution in [-0.2, 0) is 11.2 Å². The van der Waals surface area contributed by atoms with Crippen LogP contribution < -0.4 is 11.1 Å². The molecule has 0 spiro atoms. The second kappa shape index (κ2) is 6.64. The van der Waals surface area contributed by atoms with Crippen molar-refractivity contribution in [1.29, 1.82) is 0 Å². The van der Waals surface area contributed by atoms with E-state index in [0.29, 0.717) is 34.3 Å². The summed E-state index contributed by atoms with van der Waals surface area (Å²) in [5.74, 6) is -0.113. The molecular weight excluding hydrogens is 295 g/mol. The minimum absolute atomic E-state index is 0.113. The lowest BCUT2D eigenvalue weighted by atomic mass is 10.1. The van der Waals surface area contributed by atoms with Crippen LogP contribution in [0.1, 0.15) is 12.0 Å². The Labute approximate surface area is 127 Å². The topological polar surface area (TPSA) is 55.1 Å².